The summed E-state index contributed by atoms with van der Waals surface area (Å²) in [5.41, 5.74) is 0. The molecule has 10 heteroatoms. The normalized spacial score (nSPS) is 24.2. The molecule has 4 rings (SSSR count). The standard InChI is InChI=1S/C16H25ClN6O2S/c1-20-4-8-22(9-5-20)26(24,25)23-10-6-21(7-11-23)15-12-14(17)18-16(19-15)13-2-3-13/h12-13H,2-11H2,1H3. The number of piperazine rings is 2. The second kappa shape index (κ2) is 7.20. The molecule has 0 N–H and O–H groups in total. The molecule has 1 saturated carbocycles. The van der Waals surface area contributed by atoms with Gasteiger partial charge in [-0.05, 0) is 19.9 Å². The summed E-state index contributed by atoms with van der Waals surface area (Å²) in [6, 6.07) is 1.78. The molecule has 26 heavy (non-hydrogen) atoms. The molecule has 3 fully saturated rings. The molecule has 1 aromatic heterocycles. The fraction of sp³-hybridized carbons (Fsp3) is 0.750. The lowest BCUT2D eigenvalue weighted by Gasteiger charge is -2.39. The largest absolute Gasteiger partial charge is 0.354 e. The minimum absolute atomic E-state index is 0.436. The predicted octanol–water partition coefficient (Wildman–Crippen LogP) is 0.622. The lowest BCUT2D eigenvalue weighted by Crippen LogP contribution is -2.56. The third-order valence-electron chi connectivity index (χ3n) is 5.32. The molecule has 0 unspecified atom stereocenters. The van der Waals surface area contributed by atoms with Crippen molar-refractivity contribution in [1.29, 1.82) is 0 Å². The van der Waals surface area contributed by atoms with Crippen molar-refractivity contribution in [2.24, 2.45) is 0 Å². The number of aromatic nitrogens is 2. The van der Waals surface area contributed by atoms with Crippen LogP contribution in [0.25, 0.3) is 0 Å². The van der Waals surface area contributed by atoms with E-state index in [-0.39, 0.29) is 0 Å². The maximum Gasteiger partial charge on any atom is 0.282 e. The van der Waals surface area contributed by atoms with Crippen LogP contribution in [0.2, 0.25) is 5.15 Å². The Morgan fingerprint density at radius 1 is 0.962 bits per heavy atom. The summed E-state index contributed by atoms with van der Waals surface area (Å²) in [7, 11) is -1.36. The van der Waals surface area contributed by atoms with Gasteiger partial charge in [0.15, 0.2) is 0 Å². The fourth-order valence-electron chi connectivity index (χ4n) is 3.44. The van der Waals surface area contributed by atoms with E-state index in [0.717, 1.165) is 37.6 Å². The van der Waals surface area contributed by atoms with Crippen molar-refractivity contribution in [2.75, 3.05) is 64.3 Å². The molecule has 0 atom stereocenters. The van der Waals surface area contributed by atoms with Crippen LogP contribution in [0, 0.1) is 0 Å². The molecule has 0 spiro atoms. The Morgan fingerprint density at radius 2 is 1.54 bits per heavy atom. The minimum Gasteiger partial charge on any atom is -0.354 e. The molecule has 0 amide bonds. The van der Waals surface area contributed by atoms with Crippen LogP contribution in [0.15, 0.2) is 6.07 Å². The molecule has 8 nitrogen and oxygen atoms in total. The summed E-state index contributed by atoms with van der Waals surface area (Å²) in [6.45, 7) is 4.85. The molecular weight excluding hydrogens is 376 g/mol. The number of hydrogen-bond donors (Lipinski definition) is 0. The van der Waals surface area contributed by atoms with Crippen molar-refractivity contribution in [2.45, 2.75) is 18.8 Å². The summed E-state index contributed by atoms with van der Waals surface area (Å²) in [6.07, 6.45) is 2.24. The Hall–Kier alpha value is -1.00. The summed E-state index contributed by atoms with van der Waals surface area (Å²) in [5.74, 6) is 2.06. The van der Waals surface area contributed by atoms with Gasteiger partial charge < -0.3 is 9.80 Å². The SMILES string of the molecule is CN1CCN(S(=O)(=O)N2CCN(c3cc(Cl)nc(C4CC4)n3)CC2)CC1. The van der Waals surface area contributed by atoms with Crippen LogP contribution >= 0.6 is 11.6 Å². The molecule has 0 radical (unpaired) electrons. The average molecular weight is 401 g/mol. The van der Waals surface area contributed by atoms with Crippen LogP contribution in [0.3, 0.4) is 0 Å². The minimum atomic E-state index is -3.38. The van der Waals surface area contributed by atoms with E-state index >= 15 is 0 Å². The lowest BCUT2D eigenvalue weighted by molar-refractivity contribution is 0.210. The highest BCUT2D eigenvalue weighted by atomic mass is 35.5. The van der Waals surface area contributed by atoms with Gasteiger partial charge >= 0.3 is 0 Å². The predicted molar refractivity (Wildman–Crippen MR) is 101 cm³/mol. The molecule has 2 saturated heterocycles. The highest BCUT2D eigenvalue weighted by Gasteiger charge is 2.34. The number of halogens is 1. The Balaban J connectivity index is 1.41. The fourth-order valence-corrected chi connectivity index (χ4v) is 5.20. The van der Waals surface area contributed by atoms with Gasteiger partial charge in [-0.1, -0.05) is 11.6 Å². The van der Waals surface area contributed by atoms with E-state index in [1.165, 1.54) is 0 Å². The Kier molecular flexibility index (Phi) is 5.08. The van der Waals surface area contributed by atoms with E-state index < -0.39 is 10.2 Å². The van der Waals surface area contributed by atoms with Crippen LogP contribution in [0.5, 0.6) is 0 Å². The number of rotatable bonds is 4. The first-order valence-electron chi connectivity index (χ1n) is 9.17. The maximum atomic E-state index is 12.9. The summed E-state index contributed by atoms with van der Waals surface area (Å²) >= 11 is 6.16. The van der Waals surface area contributed by atoms with Crippen molar-refractivity contribution in [3.63, 3.8) is 0 Å². The van der Waals surface area contributed by atoms with Crippen molar-refractivity contribution >= 4 is 27.6 Å². The van der Waals surface area contributed by atoms with Crippen molar-refractivity contribution < 1.29 is 8.42 Å². The van der Waals surface area contributed by atoms with E-state index in [0.29, 0.717) is 50.3 Å². The molecule has 1 aliphatic carbocycles. The van der Waals surface area contributed by atoms with Crippen molar-refractivity contribution in [1.82, 2.24) is 23.5 Å². The molecule has 0 bridgehead atoms. The van der Waals surface area contributed by atoms with E-state index in [9.17, 15) is 8.42 Å². The number of nitrogens with zero attached hydrogens (tertiary/aromatic N) is 6. The first kappa shape index (κ1) is 18.4. The molecule has 3 aliphatic rings. The summed E-state index contributed by atoms with van der Waals surface area (Å²) < 4.78 is 28.9. The second-order valence-corrected chi connectivity index (χ2v) is 9.59. The van der Waals surface area contributed by atoms with Gasteiger partial charge in [-0.2, -0.15) is 17.0 Å². The highest BCUT2D eigenvalue weighted by molar-refractivity contribution is 7.86. The first-order chi connectivity index (χ1) is 12.4. The number of hydrogen-bond acceptors (Lipinski definition) is 6. The Morgan fingerprint density at radius 3 is 2.12 bits per heavy atom. The first-order valence-corrected chi connectivity index (χ1v) is 10.9. The van der Waals surface area contributed by atoms with Gasteiger partial charge in [0.05, 0.1) is 0 Å². The monoisotopic (exact) mass is 400 g/mol. The lowest BCUT2D eigenvalue weighted by atomic mass is 10.3. The van der Waals surface area contributed by atoms with Gasteiger partial charge in [-0.15, -0.1) is 0 Å². The van der Waals surface area contributed by atoms with E-state index in [1.54, 1.807) is 14.7 Å². The van der Waals surface area contributed by atoms with Gasteiger partial charge in [0.1, 0.15) is 16.8 Å². The molecule has 1 aromatic rings. The highest BCUT2D eigenvalue weighted by Crippen LogP contribution is 2.39. The van der Waals surface area contributed by atoms with Crippen LogP contribution in [-0.2, 0) is 10.2 Å². The Bertz CT molecular complexity index is 756. The van der Waals surface area contributed by atoms with Crippen LogP contribution in [0.4, 0.5) is 5.82 Å². The van der Waals surface area contributed by atoms with Crippen LogP contribution in [0.1, 0.15) is 24.6 Å². The van der Waals surface area contributed by atoms with E-state index in [2.05, 4.69) is 19.8 Å². The van der Waals surface area contributed by atoms with Crippen molar-refractivity contribution in [3.8, 4) is 0 Å². The third kappa shape index (κ3) is 3.82. The zero-order chi connectivity index (χ0) is 18.3. The summed E-state index contributed by atoms with van der Waals surface area (Å²) in [4.78, 5) is 13.2. The van der Waals surface area contributed by atoms with Gasteiger partial charge in [0.2, 0.25) is 0 Å². The Labute approximate surface area is 159 Å². The van der Waals surface area contributed by atoms with Crippen LogP contribution in [-0.4, -0.2) is 91.3 Å². The average Bonchev–Trinajstić information content (AvgIpc) is 3.47. The van der Waals surface area contributed by atoms with Gasteiger partial charge in [0.25, 0.3) is 10.2 Å². The molecule has 2 aliphatic heterocycles. The van der Waals surface area contributed by atoms with E-state index in [1.807, 2.05) is 7.05 Å². The number of likely N-dealkylation sites (N-methyl/N-ethyl adjacent to an activating group) is 1. The topological polar surface area (TPSA) is 72.9 Å². The quantitative estimate of drug-likeness (QED) is 0.690. The smallest absolute Gasteiger partial charge is 0.282 e. The van der Waals surface area contributed by atoms with Gasteiger partial charge in [-0.3, -0.25) is 0 Å². The van der Waals surface area contributed by atoms with Crippen LogP contribution < -0.4 is 4.90 Å². The summed E-state index contributed by atoms with van der Waals surface area (Å²) in [5, 5.41) is 0.462. The van der Waals surface area contributed by atoms with Gasteiger partial charge in [0, 0.05) is 64.3 Å². The molecular formula is C16H25ClN6O2S. The molecule has 3 heterocycles. The third-order valence-corrected chi connectivity index (χ3v) is 7.55. The zero-order valence-electron chi connectivity index (χ0n) is 15.0. The number of anilines is 1. The zero-order valence-corrected chi connectivity index (χ0v) is 16.6. The van der Waals surface area contributed by atoms with E-state index in [4.69, 9.17) is 11.6 Å². The second-order valence-electron chi connectivity index (χ2n) is 7.28. The molecule has 0 aromatic carbocycles. The maximum absolute atomic E-state index is 12.9. The van der Waals surface area contributed by atoms with Gasteiger partial charge in [-0.25, -0.2) is 9.97 Å². The molecule has 144 valence electrons. The van der Waals surface area contributed by atoms with Crippen molar-refractivity contribution in [3.05, 3.63) is 17.0 Å².